The third-order valence-electron chi connectivity index (χ3n) is 2.87. The van der Waals surface area contributed by atoms with E-state index < -0.39 is 6.03 Å². The molecule has 0 unspecified atom stereocenters. The van der Waals surface area contributed by atoms with Crippen LogP contribution in [0.3, 0.4) is 0 Å². The van der Waals surface area contributed by atoms with Crippen molar-refractivity contribution in [1.29, 1.82) is 0 Å². The molecule has 0 saturated carbocycles. The van der Waals surface area contributed by atoms with Gasteiger partial charge in [-0.05, 0) is 13.0 Å². The van der Waals surface area contributed by atoms with Crippen LogP contribution in [0.4, 0.5) is 16.2 Å². The number of hydrogen-bond acceptors (Lipinski definition) is 5. The van der Waals surface area contributed by atoms with E-state index in [0.717, 1.165) is 0 Å². The molecule has 2 rings (SSSR count). The summed E-state index contributed by atoms with van der Waals surface area (Å²) in [5.41, 5.74) is 0.773. The predicted molar refractivity (Wildman–Crippen MR) is 83.8 cm³/mol. The van der Waals surface area contributed by atoms with E-state index in [9.17, 15) is 14.4 Å². The van der Waals surface area contributed by atoms with Gasteiger partial charge in [0.2, 0.25) is 0 Å². The average molecular weight is 342 g/mol. The molecule has 0 fully saturated rings. The van der Waals surface area contributed by atoms with Gasteiger partial charge in [-0.25, -0.2) is 4.79 Å². The summed E-state index contributed by atoms with van der Waals surface area (Å²) < 4.78 is 10.00. The Kier molecular flexibility index (Phi) is 5.64. The second-order valence-electron chi connectivity index (χ2n) is 4.60. The third kappa shape index (κ3) is 4.75. The Morgan fingerprint density at radius 2 is 2.22 bits per heavy atom. The molecule has 8 nitrogen and oxygen atoms in total. The molecule has 124 valence electrons. The quantitative estimate of drug-likeness (QED) is 0.707. The summed E-state index contributed by atoms with van der Waals surface area (Å²) in [5.74, 6) is -0.245. The third-order valence-corrected chi connectivity index (χ3v) is 3.18. The van der Waals surface area contributed by atoms with Crippen molar-refractivity contribution in [1.82, 2.24) is 5.32 Å². The van der Waals surface area contributed by atoms with Crippen LogP contribution >= 0.6 is 11.6 Å². The van der Waals surface area contributed by atoms with Gasteiger partial charge in [-0.1, -0.05) is 11.6 Å². The highest BCUT2D eigenvalue weighted by molar-refractivity contribution is 6.34. The zero-order valence-corrected chi connectivity index (χ0v) is 13.2. The average Bonchev–Trinajstić information content (AvgIpc) is 2.48. The number of fused-ring (bicyclic) bond motifs is 1. The van der Waals surface area contributed by atoms with E-state index in [0.29, 0.717) is 23.7 Å². The molecule has 0 aromatic heterocycles. The topological polar surface area (TPSA) is 106 Å². The summed E-state index contributed by atoms with van der Waals surface area (Å²) in [7, 11) is 0. The van der Waals surface area contributed by atoms with E-state index in [1.54, 1.807) is 6.92 Å². The standard InChI is InChI=1S/C14H16ClN3O5/c1-2-22-13(20)3-4-16-14(21)18-9-6-11-10(5-8(9)15)17-12(19)7-23-11/h5-6H,2-4,7H2,1H3,(H,17,19)(H2,16,18,21). The number of carbonyl (C=O) groups excluding carboxylic acids is 3. The number of amides is 3. The first-order valence-corrected chi connectivity index (χ1v) is 7.34. The van der Waals surface area contributed by atoms with Crippen LogP contribution in [0.1, 0.15) is 13.3 Å². The number of anilines is 2. The number of rotatable bonds is 5. The summed E-state index contributed by atoms with van der Waals surface area (Å²) in [6.45, 7) is 2.05. The highest BCUT2D eigenvalue weighted by atomic mass is 35.5. The smallest absolute Gasteiger partial charge is 0.319 e. The first-order chi connectivity index (χ1) is 11.0. The molecule has 0 saturated heterocycles. The van der Waals surface area contributed by atoms with Crippen molar-refractivity contribution in [2.75, 3.05) is 30.4 Å². The van der Waals surface area contributed by atoms with Crippen molar-refractivity contribution in [3.8, 4) is 5.75 Å². The van der Waals surface area contributed by atoms with E-state index >= 15 is 0 Å². The van der Waals surface area contributed by atoms with E-state index in [1.165, 1.54) is 12.1 Å². The normalized spacial score (nSPS) is 12.5. The van der Waals surface area contributed by atoms with Crippen molar-refractivity contribution in [3.05, 3.63) is 17.2 Å². The lowest BCUT2D eigenvalue weighted by Gasteiger charge is -2.19. The van der Waals surface area contributed by atoms with Crippen LogP contribution in [0.5, 0.6) is 5.75 Å². The van der Waals surface area contributed by atoms with E-state index in [1.807, 2.05) is 0 Å². The van der Waals surface area contributed by atoms with Crippen molar-refractivity contribution in [3.63, 3.8) is 0 Å². The maximum absolute atomic E-state index is 11.8. The molecule has 0 aliphatic carbocycles. The zero-order chi connectivity index (χ0) is 16.8. The molecule has 0 atom stereocenters. The second kappa shape index (κ2) is 7.68. The lowest BCUT2D eigenvalue weighted by atomic mass is 10.2. The summed E-state index contributed by atoms with van der Waals surface area (Å²) in [5, 5.41) is 7.92. The Hall–Kier alpha value is -2.48. The van der Waals surface area contributed by atoms with E-state index in [2.05, 4.69) is 16.0 Å². The van der Waals surface area contributed by atoms with Gasteiger partial charge >= 0.3 is 12.0 Å². The molecule has 1 heterocycles. The highest BCUT2D eigenvalue weighted by Gasteiger charge is 2.19. The maximum Gasteiger partial charge on any atom is 0.319 e. The Balaban J connectivity index is 1.91. The monoisotopic (exact) mass is 341 g/mol. The molecule has 9 heteroatoms. The molecule has 23 heavy (non-hydrogen) atoms. The fourth-order valence-electron chi connectivity index (χ4n) is 1.87. The van der Waals surface area contributed by atoms with Crippen LogP contribution in [0.15, 0.2) is 12.1 Å². The van der Waals surface area contributed by atoms with Crippen molar-refractivity contribution in [2.24, 2.45) is 0 Å². The van der Waals surface area contributed by atoms with Crippen LogP contribution < -0.4 is 20.7 Å². The summed E-state index contributed by atoms with van der Waals surface area (Å²) >= 11 is 6.06. The molecule has 3 N–H and O–H groups in total. The first kappa shape index (κ1) is 16.9. The minimum absolute atomic E-state index is 0.0777. The number of carbonyl (C=O) groups is 3. The molecule has 0 bridgehead atoms. The van der Waals surface area contributed by atoms with Crippen molar-refractivity contribution >= 4 is 40.9 Å². The summed E-state index contributed by atoms with van der Waals surface area (Å²) in [4.78, 5) is 34.2. The van der Waals surface area contributed by atoms with E-state index in [-0.39, 0.29) is 36.5 Å². The SMILES string of the molecule is CCOC(=O)CCNC(=O)Nc1cc2c(cc1Cl)NC(=O)CO2. The van der Waals surface area contributed by atoms with Gasteiger partial charge in [-0.15, -0.1) is 0 Å². The van der Waals surface area contributed by atoms with Gasteiger partial charge in [-0.3, -0.25) is 9.59 Å². The largest absolute Gasteiger partial charge is 0.482 e. The van der Waals surface area contributed by atoms with Gasteiger partial charge in [0.1, 0.15) is 5.75 Å². The second-order valence-corrected chi connectivity index (χ2v) is 5.01. The van der Waals surface area contributed by atoms with Crippen LogP contribution in [-0.4, -0.2) is 37.7 Å². The Morgan fingerprint density at radius 3 is 2.96 bits per heavy atom. The highest BCUT2D eigenvalue weighted by Crippen LogP contribution is 2.36. The Labute approximate surface area is 137 Å². The number of nitrogens with one attached hydrogen (secondary N) is 3. The van der Waals surface area contributed by atoms with Gasteiger partial charge < -0.3 is 25.4 Å². The number of urea groups is 1. The van der Waals surface area contributed by atoms with E-state index in [4.69, 9.17) is 21.1 Å². The molecule has 1 aromatic carbocycles. The lowest BCUT2D eigenvalue weighted by Crippen LogP contribution is -2.31. The van der Waals surface area contributed by atoms with Gasteiger partial charge in [0.05, 0.1) is 29.4 Å². The zero-order valence-electron chi connectivity index (χ0n) is 12.4. The van der Waals surface area contributed by atoms with Crippen LogP contribution in [0.2, 0.25) is 5.02 Å². The van der Waals surface area contributed by atoms with Gasteiger partial charge in [0, 0.05) is 12.6 Å². The fourth-order valence-corrected chi connectivity index (χ4v) is 2.08. The molecule has 1 aliphatic rings. The van der Waals surface area contributed by atoms with Crippen LogP contribution in [0.25, 0.3) is 0 Å². The number of hydrogen-bond donors (Lipinski definition) is 3. The number of halogens is 1. The maximum atomic E-state index is 11.8. The van der Waals surface area contributed by atoms with Gasteiger partial charge in [0.15, 0.2) is 6.61 Å². The van der Waals surface area contributed by atoms with Crippen molar-refractivity contribution < 1.29 is 23.9 Å². The molecular formula is C14H16ClN3O5. The number of benzene rings is 1. The lowest BCUT2D eigenvalue weighted by molar-refractivity contribution is -0.142. The van der Waals surface area contributed by atoms with Gasteiger partial charge in [0.25, 0.3) is 5.91 Å². The van der Waals surface area contributed by atoms with Crippen LogP contribution in [-0.2, 0) is 14.3 Å². The van der Waals surface area contributed by atoms with Crippen LogP contribution in [0, 0.1) is 0 Å². The molecule has 3 amide bonds. The number of esters is 1. The molecule has 0 radical (unpaired) electrons. The van der Waals surface area contributed by atoms with Crippen molar-refractivity contribution in [2.45, 2.75) is 13.3 Å². The minimum Gasteiger partial charge on any atom is -0.482 e. The van der Waals surface area contributed by atoms with Gasteiger partial charge in [-0.2, -0.15) is 0 Å². The Bertz CT molecular complexity index is 635. The fraction of sp³-hybridized carbons (Fsp3) is 0.357. The summed E-state index contributed by atoms with van der Waals surface area (Å²) in [6, 6.07) is 2.49. The molecule has 1 aliphatic heterocycles. The predicted octanol–water partition coefficient (Wildman–Crippen LogP) is 1.75. The minimum atomic E-state index is -0.518. The first-order valence-electron chi connectivity index (χ1n) is 6.96. The molecule has 1 aromatic rings. The summed E-state index contributed by atoms with van der Waals surface area (Å²) in [6.07, 6.45) is 0.0777. The Morgan fingerprint density at radius 1 is 1.43 bits per heavy atom. The molecular weight excluding hydrogens is 326 g/mol. The molecule has 0 spiro atoms. The number of ether oxygens (including phenoxy) is 2.